The fraction of sp³-hybridized carbons (Fsp3) is 0.929. The Hall–Kier alpha value is -0.610. The zero-order valence-corrected chi connectivity index (χ0v) is 12.2. The number of carbonyl (C=O) groups excluding carboxylic acids is 1. The fourth-order valence-electron chi connectivity index (χ4n) is 2.49. The number of likely N-dealkylation sites (tertiary alicyclic amines) is 1. The van der Waals surface area contributed by atoms with Crippen molar-refractivity contribution in [3.8, 4) is 0 Å². The highest BCUT2D eigenvalue weighted by Gasteiger charge is 2.28. The summed E-state index contributed by atoms with van der Waals surface area (Å²) in [5.41, 5.74) is 0. The van der Waals surface area contributed by atoms with Gasteiger partial charge in [-0.25, -0.2) is 0 Å². The van der Waals surface area contributed by atoms with E-state index in [4.69, 9.17) is 4.74 Å². The smallest absolute Gasteiger partial charge is 0.222 e. The van der Waals surface area contributed by atoms with Gasteiger partial charge in [0.15, 0.2) is 0 Å². The number of ether oxygens (including phenoxy) is 1. The average molecular weight is 256 g/mol. The van der Waals surface area contributed by atoms with Crippen molar-refractivity contribution in [2.45, 2.75) is 64.6 Å². The van der Waals surface area contributed by atoms with Gasteiger partial charge >= 0.3 is 0 Å². The summed E-state index contributed by atoms with van der Waals surface area (Å²) < 4.78 is 5.37. The van der Waals surface area contributed by atoms with Crippen molar-refractivity contribution < 1.29 is 9.53 Å². The molecule has 0 saturated carbocycles. The minimum atomic E-state index is 0.294. The van der Waals surface area contributed by atoms with E-state index in [9.17, 15) is 4.79 Å². The van der Waals surface area contributed by atoms with E-state index >= 15 is 0 Å². The molecule has 0 aromatic rings. The average Bonchev–Trinajstić information content (AvgIpc) is 2.33. The molecule has 1 heterocycles. The van der Waals surface area contributed by atoms with Crippen molar-refractivity contribution in [2.24, 2.45) is 0 Å². The SMILES string of the molecule is COC1CCN(C(=O)CCCNC(C)C)C(C)C1. The molecule has 1 amide bonds. The van der Waals surface area contributed by atoms with E-state index in [0.717, 1.165) is 32.4 Å². The molecule has 0 radical (unpaired) electrons. The van der Waals surface area contributed by atoms with Crippen LogP contribution < -0.4 is 5.32 Å². The lowest BCUT2D eigenvalue weighted by atomic mass is 10.00. The summed E-state index contributed by atoms with van der Waals surface area (Å²) in [6.45, 7) is 8.14. The van der Waals surface area contributed by atoms with Crippen molar-refractivity contribution in [3.63, 3.8) is 0 Å². The molecule has 1 fully saturated rings. The largest absolute Gasteiger partial charge is 0.381 e. The summed E-state index contributed by atoms with van der Waals surface area (Å²) >= 11 is 0. The molecule has 2 atom stereocenters. The summed E-state index contributed by atoms with van der Waals surface area (Å²) in [6.07, 6.45) is 3.84. The lowest BCUT2D eigenvalue weighted by Gasteiger charge is -2.37. The third-order valence-electron chi connectivity index (χ3n) is 3.60. The lowest BCUT2D eigenvalue weighted by Crippen LogP contribution is -2.46. The van der Waals surface area contributed by atoms with E-state index < -0.39 is 0 Å². The summed E-state index contributed by atoms with van der Waals surface area (Å²) in [5.74, 6) is 0.294. The first-order chi connectivity index (χ1) is 8.54. The number of rotatable bonds is 6. The minimum Gasteiger partial charge on any atom is -0.381 e. The van der Waals surface area contributed by atoms with Crippen LogP contribution >= 0.6 is 0 Å². The Morgan fingerprint density at radius 1 is 1.50 bits per heavy atom. The molecule has 0 aliphatic carbocycles. The number of nitrogens with one attached hydrogen (secondary N) is 1. The monoisotopic (exact) mass is 256 g/mol. The van der Waals surface area contributed by atoms with Gasteiger partial charge in [0.1, 0.15) is 0 Å². The Balaban J connectivity index is 2.25. The summed E-state index contributed by atoms with van der Waals surface area (Å²) in [5, 5.41) is 3.34. The van der Waals surface area contributed by atoms with E-state index in [1.165, 1.54) is 0 Å². The van der Waals surface area contributed by atoms with Crippen molar-refractivity contribution in [1.29, 1.82) is 0 Å². The first-order valence-electron chi connectivity index (χ1n) is 7.10. The molecule has 0 spiro atoms. The zero-order chi connectivity index (χ0) is 13.5. The molecule has 1 N–H and O–H groups in total. The number of carbonyl (C=O) groups is 1. The van der Waals surface area contributed by atoms with E-state index in [2.05, 4.69) is 26.1 Å². The molecule has 2 unspecified atom stereocenters. The second-order valence-corrected chi connectivity index (χ2v) is 5.53. The van der Waals surface area contributed by atoms with Gasteiger partial charge in [-0.05, 0) is 32.7 Å². The Labute approximate surface area is 111 Å². The third kappa shape index (κ3) is 4.94. The van der Waals surface area contributed by atoms with E-state index in [1.54, 1.807) is 7.11 Å². The molecule has 0 aromatic carbocycles. The molecular formula is C14H28N2O2. The molecule has 4 nitrogen and oxygen atoms in total. The molecule has 1 rings (SSSR count). The van der Waals surface area contributed by atoms with Gasteiger partial charge in [0.2, 0.25) is 5.91 Å². The third-order valence-corrected chi connectivity index (χ3v) is 3.60. The van der Waals surface area contributed by atoms with Crippen LogP contribution in [-0.2, 0) is 9.53 Å². The number of methoxy groups -OCH3 is 1. The highest BCUT2D eigenvalue weighted by molar-refractivity contribution is 5.76. The maximum absolute atomic E-state index is 12.1. The topological polar surface area (TPSA) is 41.6 Å². The van der Waals surface area contributed by atoms with Gasteiger partial charge in [-0.2, -0.15) is 0 Å². The highest BCUT2D eigenvalue weighted by Crippen LogP contribution is 2.20. The number of nitrogens with zero attached hydrogens (tertiary/aromatic N) is 1. The molecule has 0 aromatic heterocycles. The van der Waals surface area contributed by atoms with Crippen LogP contribution in [0.1, 0.15) is 46.5 Å². The number of piperidine rings is 1. The summed E-state index contributed by atoms with van der Waals surface area (Å²) in [4.78, 5) is 14.1. The predicted molar refractivity (Wildman–Crippen MR) is 73.6 cm³/mol. The van der Waals surface area contributed by atoms with E-state index in [0.29, 0.717) is 30.5 Å². The van der Waals surface area contributed by atoms with Crippen molar-refractivity contribution >= 4 is 5.91 Å². The maximum atomic E-state index is 12.1. The predicted octanol–water partition coefficient (Wildman–Crippen LogP) is 1.79. The van der Waals surface area contributed by atoms with Crippen molar-refractivity contribution in [2.75, 3.05) is 20.2 Å². The van der Waals surface area contributed by atoms with Crippen LogP contribution in [0.25, 0.3) is 0 Å². The van der Waals surface area contributed by atoms with E-state index in [1.807, 2.05) is 4.90 Å². The van der Waals surface area contributed by atoms with Gasteiger partial charge in [-0.15, -0.1) is 0 Å². The maximum Gasteiger partial charge on any atom is 0.222 e. The summed E-state index contributed by atoms with van der Waals surface area (Å²) in [7, 11) is 1.76. The highest BCUT2D eigenvalue weighted by atomic mass is 16.5. The molecule has 1 aliphatic rings. The van der Waals surface area contributed by atoms with Crippen LogP contribution in [-0.4, -0.2) is 49.2 Å². The second kappa shape index (κ2) is 7.74. The van der Waals surface area contributed by atoms with Gasteiger partial charge in [0.25, 0.3) is 0 Å². The Kier molecular flexibility index (Phi) is 6.65. The van der Waals surface area contributed by atoms with Crippen molar-refractivity contribution in [1.82, 2.24) is 10.2 Å². The number of amides is 1. The standard InChI is InChI=1S/C14H28N2O2/c1-11(2)15-8-5-6-14(17)16-9-7-13(18-4)10-12(16)3/h11-13,15H,5-10H2,1-4H3. The summed E-state index contributed by atoms with van der Waals surface area (Å²) in [6, 6.07) is 0.811. The Morgan fingerprint density at radius 3 is 2.78 bits per heavy atom. The zero-order valence-electron chi connectivity index (χ0n) is 12.2. The van der Waals surface area contributed by atoms with E-state index in [-0.39, 0.29) is 0 Å². The van der Waals surface area contributed by atoms with Gasteiger partial charge in [0, 0.05) is 32.2 Å². The molecule has 4 heteroatoms. The molecule has 106 valence electrons. The first-order valence-corrected chi connectivity index (χ1v) is 7.10. The van der Waals surface area contributed by atoms with Gasteiger partial charge in [-0.1, -0.05) is 13.8 Å². The van der Waals surface area contributed by atoms with Crippen LogP contribution in [0.15, 0.2) is 0 Å². The fourth-order valence-corrected chi connectivity index (χ4v) is 2.49. The lowest BCUT2D eigenvalue weighted by molar-refractivity contribution is -0.136. The van der Waals surface area contributed by atoms with Gasteiger partial charge in [-0.3, -0.25) is 4.79 Å². The first kappa shape index (κ1) is 15.4. The van der Waals surface area contributed by atoms with Crippen LogP contribution in [0.4, 0.5) is 0 Å². The van der Waals surface area contributed by atoms with Gasteiger partial charge in [0.05, 0.1) is 6.10 Å². The van der Waals surface area contributed by atoms with Crippen LogP contribution in [0.5, 0.6) is 0 Å². The quantitative estimate of drug-likeness (QED) is 0.737. The molecular weight excluding hydrogens is 228 g/mol. The van der Waals surface area contributed by atoms with Gasteiger partial charge < -0.3 is 15.0 Å². The molecule has 1 aliphatic heterocycles. The van der Waals surface area contributed by atoms with Crippen LogP contribution in [0, 0.1) is 0 Å². The Bertz CT molecular complexity index is 256. The Morgan fingerprint density at radius 2 is 2.22 bits per heavy atom. The van der Waals surface area contributed by atoms with Crippen molar-refractivity contribution in [3.05, 3.63) is 0 Å². The van der Waals surface area contributed by atoms with Crippen LogP contribution in [0.3, 0.4) is 0 Å². The molecule has 0 bridgehead atoms. The van der Waals surface area contributed by atoms with Crippen LogP contribution in [0.2, 0.25) is 0 Å². The second-order valence-electron chi connectivity index (χ2n) is 5.53. The molecule has 18 heavy (non-hydrogen) atoms. The normalized spacial score (nSPS) is 24.6. The number of hydrogen-bond donors (Lipinski definition) is 1. The minimum absolute atomic E-state index is 0.294. The number of hydrogen-bond acceptors (Lipinski definition) is 3. The molecule has 1 saturated heterocycles.